The molecule has 2 aromatic rings. The fourth-order valence-corrected chi connectivity index (χ4v) is 2.14. The molecule has 1 aromatic heterocycles. The number of aromatic nitrogens is 2. The minimum absolute atomic E-state index is 0.0342. The molecule has 2 N–H and O–H groups in total. The molecule has 0 atom stereocenters. The van der Waals surface area contributed by atoms with E-state index in [1.165, 1.54) is 18.2 Å². The molecule has 0 aliphatic heterocycles. The van der Waals surface area contributed by atoms with Gasteiger partial charge in [-0.25, -0.2) is 14.4 Å². The Balaban J connectivity index is 2.30. The number of carbonyl (C=O) groups is 2. The second-order valence-corrected chi connectivity index (χ2v) is 5.67. The molecule has 0 radical (unpaired) electrons. The number of nitrogens with one attached hydrogen (secondary N) is 2. The number of rotatable bonds is 6. The Morgan fingerprint density at radius 1 is 1.08 bits per heavy atom. The highest BCUT2D eigenvalue weighted by molar-refractivity contribution is 6.10. The number of halogens is 1. The topological polar surface area (TPSA) is 84.0 Å². The molecule has 0 saturated carbocycles. The van der Waals surface area contributed by atoms with Crippen molar-refractivity contribution in [3.8, 4) is 0 Å². The van der Waals surface area contributed by atoms with Crippen LogP contribution in [0.25, 0.3) is 0 Å². The van der Waals surface area contributed by atoms with Crippen molar-refractivity contribution in [3.63, 3.8) is 0 Å². The summed E-state index contributed by atoms with van der Waals surface area (Å²) >= 11 is 0. The number of aryl methyl sites for hydroxylation is 2. The lowest BCUT2D eigenvalue weighted by Crippen LogP contribution is -2.30. The van der Waals surface area contributed by atoms with E-state index in [0.717, 1.165) is 12.8 Å². The van der Waals surface area contributed by atoms with Gasteiger partial charge >= 0.3 is 0 Å². The Labute approximate surface area is 145 Å². The van der Waals surface area contributed by atoms with Gasteiger partial charge in [-0.2, -0.15) is 0 Å². The normalized spacial score (nSPS) is 10.4. The third-order valence-electron chi connectivity index (χ3n) is 3.64. The number of hydrogen-bond acceptors (Lipinski definition) is 4. The maximum atomic E-state index is 13.3. The predicted octanol–water partition coefficient (Wildman–Crippen LogP) is 3.01. The van der Waals surface area contributed by atoms with Crippen LogP contribution in [-0.2, 0) is 0 Å². The van der Waals surface area contributed by atoms with Crippen molar-refractivity contribution in [2.45, 2.75) is 33.6 Å². The molecule has 0 spiro atoms. The number of carbonyl (C=O) groups excluding carboxylic acids is 2. The average molecular weight is 344 g/mol. The first-order valence-electron chi connectivity index (χ1n) is 8.12. The summed E-state index contributed by atoms with van der Waals surface area (Å²) in [4.78, 5) is 33.3. The molecule has 1 heterocycles. The van der Waals surface area contributed by atoms with Gasteiger partial charge in [-0.05, 0) is 38.5 Å². The van der Waals surface area contributed by atoms with Gasteiger partial charge in [0.05, 0.1) is 11.4 Å². The Morgan fingerprint density at radius 2 is 1.72 bits per heavy atom. The second kappa shape index (κ2) is 8.32. The summed E-state index contributed by atoms with van der Waals surface area (Å²) in [5.74, 6) is -1.53. The Hall–Kier alpha value is -2.83. The number of amides is 2. The number of hydrogen-bond donors (Lipinski definition) is 2. The zero-order chi connectivity index (χ0) is 18.4. The maximum Gasteiger partial charge on any atom is 0.276 e. The van der Waals surface area contributed by atoms with E-state index >= 15 is 0 Å². The number of anilines is 1. The molecule has 7 heteroatoms. The van der Waals surface area contributed by atoms with Crippen LogP contribution in [0.5, 0.6) is 0 Å². The van der Waals surface area contributed by atoms with Crippen LogP contribution in [0.2, 0.25) is 0 Å². The molecule has 6 nitrogen and oxygen atoms in total. The van der Waals surface area contributed by atoms with Gasteiger partial charge in [0.25, 0.3) is 11.8 Å². The molecular weight excluding hydrogens is 323 g/mol. The van der Waals surface area contributed by atoms with Gasteiger partial charge in [0.1, 0.15) is 5.82 Å². The summed E-state index contributed by atoms with van der Waals surface area (Å²) in [6, 6.07) is 5.50. The van der Waals surface area contributed by atoms with Crippen molar-refractivity contribution >= 4 is 17.5 Å². The molecule has 0 aliphatic rings. The van der Waals surface area contributed by atoms with E-state index in [4.69, 9.17) is 0 Å². The zero-order valence-corrected chi connectivity index (χ0v) is 14.5. The quantitative estimate of drug-likeness (QED) is 0.789. The Bertz CT molecular complexity index is 793. The predicted molar refractivity (Wildman–Crippen MR) is 93.1 cm³/mol. The van der Waals surface area contributed by atoms with E-state index in [1.807, 2.05) is 6.92 Å². The van der Waals surface area contributed by atoms with Gasteiger partial charge in [-0.1, -0.05) is 19.4 Å². The summed E-state index contributed by atoms with van der Waals surface area (Å²) in [7, 11) is 0. The van der Waals surface area contributed by atoms with Gasteiger partial charge in [-0.3, -0.25) is 9.59 Å². The van der Waals surface area contributed by atoms with Gasteiger partial charge in [0.2, 0.25) is 0 Å². The molecule has 0 saturated heterocycles. The van der Waals surface area contributed by atoms with Crippen molar-refractivity contribution in [1.82, 2.24) is 15.3 Å². The smallest absolute Gasteiger partial charge is 0.276 e. The monoisotopic (exact) mass is 344 g/mol. The fraction of sp³-hybridized carbons (Fsp3) is 0.333. The van der Waals surface area contributed by atoms with Crippen molar-refractivity contribution in [3.05, 3.63) is 52.9 Å². The van der Waals surface area contributed by atoms with Crippen LogP contribution < -0.4 is 10.6 Å². The summed E-state index contributed by atoms with van der Waals surface area (Å²) in [6.45, 7) is 5.94. The lowest BCUT2D eigenvalue weighted by Gasteiger charge is -2.11. The fourth-order valence-electron chi connectivity index (χ4n) is 2.14. The first-order chi connectivity index (χ1) is 11.9. The van der Waals surface area contributed by atoms with Crippen LogP contribution in [-0.4, -0.2) is 28.3 Å². The minimum atomic E-state index is -0.609. The maximum absolute atomic E-state index is 13.3. The summed E-state index contributed by atoms with van der Waals surface area (Å²) < 4.78 is 13.3. The van der Waals surface area contributed by atoms with Crippen molar-refractivity contribution < 1.29 is 14.0 Å². The van der Waals surface area contributed by atoms with Crippen molar-refractivity contribution in [1.29, 1.82) is 0 Å². The van der Waals surface area contributed by atoms with Gasteiger partial charge in [-0.15, -0.1) is 0 Å². The largest absolute Gasteiger partial charge is 0.351 e. The van der Waals surface area contributed by atoms with Crippen molar-refractivity contribution in [2.24, 2.45) is 0 Å². The van der Waals surface area contributed by atoms with Crippen LogP contribution in [0.4, 0.5) is 10.1 Å². The van der Waals surface area contributed by atoms with Crippen molar-refractivity contribution in [2.75, 3.05) is 11.9 Å². The van der Waals surface area contributed by atoms with Crippen LogP contribution in [0.1, 0.15) is 52.1 Å². The van der Waals surface area contributed by atoms with E-state index < -0.39 is 17.6 Å². The molecule has 25 heavy (non-hydrogen) atoms. The summed E-state index contributed by atoms with van der Waals surface area (Å²) in [5, 5.41) is 5.28. The van der Waals surface area contributed by atoms with Crippen LogP contribution in [0.15, 0.2) is 24.3 Å². The molecule has 2 rings (SSSR count). The molecule has 2 amide bonds. The molecule has 0 unspecified atom stereocenters. The minimum Gasteiger partial charge on any atom is -0.351 e. The lowest BCUT2D eigenvalue weighted by atomic mass is 10.2. The molecule has 0 fully saturated rings. The second-order valence-electron chi connectivity index (χ2n) is 5.67. The third-order valence-corrected chi connectivity index (χ3v) is 3.64. The number of benzene rings is 1. The van der Waals surface area contributed by atoms with E-state index in [0.29, 0.717) is 17.9 Å². The molecule has 0 aliphatic carbocycles. The van der Waals surface area contributed by atoms with Gasteiger partial charge in [0.15, 0.2) is 11.4 Å². The number of unbranched alkanes of at least 4 members (excludes halogenated alkanes) is 1. The Morgan fingerprint density at radius 3 is 2.32 bits per heavy atom. The van der Waals surface area contributed by atoms with E-state index in [-0.39, 0.29) is 17.1 Å². The average Bonchev–Trinajstić information content (AvgIpc) is 2.57. The number of nitrogens with zero attached hydrogens (tertiary/aromatic N) is 2. The summed E-state index contributed by atoms with van der Waals surface area (Å²) in [6.07, 6.45) is 1.76. The molecule has 132 valence electrons. The van der Waals surface area contributed by atoms with Gasteiger partial charge < -0.3 is 10.6 Å². The first-order valence-corrected chi connectivity index (χ1v) is 8.12. The summed E-state index contributed by atoms with van der Waals surface area (Å²) in [5.41, 5.74) is 1.29. The van der Waals surface area contributed by atoms with E-state index in [2.05, 4.69) is 20.6 Å². The molecule has 1 aromatic carbocycles. The van der Waals surface area contributed by atoms with Crippen LogP contribution in [0.3, 0.4) is 0 Å². The molecule has 0 bridgehead atoms. The molecular formula is C18H21FN4O2. The van der Waals surface area contributed by atoms with E-state index in [9.17, 15) is 14.0 Å². The highest BCUT2D eigenvalue weighted by atomic mass is 19.1. The van der Waals surface area contributed by atoms with Crippen LogP contribution >= 0.6 is 0 Å². The highest BCUT2D eigenvalue weighted by Gasteiger charge is 2.22. The zero-order valence-electron chi connectivity index (χ0n) is 14.5. The third kappa shape index (κ3) is 4.82. The lowest BCUT2D eigenvalue weighted by molar-refractivity contribution is 0.0932. The SMILES string of the molecule is CCCCNC(=O)c1nc(C)c(C)nc1C(=O)Nc1cccc(F)c1. The first kappa shape index (κ1) is 18.5. The van der Waals surface area contributed by atoms with E-state index in [1.54, 1.807) is 19.9 Å². The van der Waals surface area contributed by atoms with Crippen LogP contribution in [0, 0.1) is 19.7 Å². The highest BCUT2D eigenvalue weighted by Crippen LogP contribution is 2.14. The van der Waals surface area contributed by atoms with Gasteiger partial charge in [0, 0.05) is 12.2 Å². The standard InChI is InChI=1S/C18H21FN4O2/c1-4-5-9-20-17(24)15-16(22-12(3)11(2)21-15)18(25)23-14-8-6-7-13(19)10-14/h6-8,10H,4-5,9H2,1-3H3,(H,20,24)(H,23,25). The Kier molecular flexibility index (Phi) is 6.16.